The van der Waals surface area contributed by atoms with E-state index in [1.54, 1.807) is 12.0 Å². The van der Waals surface area contributed by atoms with Crippen molar-refractivity contribution in [2.45, 2.75) is 69.6 Å². The number of amides is 2. The molecule has 2 amide bonds. The van der Waals surface area contributed by atoms with Gasteiger partial charge in [-0.2, -0.15) is 0 Å². The van der Waals surface area contributed by atoms with Gasteiger partial charge in [-0.15, -0.1) is 0 Å². The van der Waals surface area contributed by atoms with Crippen molar-refractivity contribution in [3.05, 3.63) is 101 Å². The Hall–Kier alpha value is -3.77. The van der Waals surface area contributed by atoms with Gasteiger partial charge in [0.05, 0.1) is 19.2 Å². The zero-order valence-electron chi connectivity index (χ0n) is 23.4. The molecule has 1 atom stereocenters. The van der Waals surface area contributed by atoms with Gasteiger partial charge in [0.25, 0.3) is 11.8 Å². The van der Waals surface area contributed by atoms with Crippen LogP contribution in [0.25, 0.3) is 10.9 Å². The minimum atomic E-state index is -1.26. The van der Waals surface area contributed by atoms with Crippen molar-refractivity contribution in [1.82, 2.24) is 14.8 Å². The van der Waals surface area contributed by atoms with Crippen LogP contribution in [0.15, 0.2) is 78.9 Å². The van der Waals surface area contributed by atoms with E-state index in [1.807, 2.05) is 83.4 Å². The zero-order chi connectivity index (χ0) is 28.4. The second-order valence-corrected chi connectivity index (χ2v) is 11.7. The summed E-state index contributed by atoms with van der Waals surface area (Å²) in [5, 5.41) is 5.01. The molecule has 1 aliphatic carbocycles. The van der Waals surface area contributed by atoms with Gasteiger partial charge in [-0.25, -0.2) is 0 Å². The molecule has 2 heterocycles. The van der Waals surface area contributed by atoms with Gasteiger partial charge < -0.3 is 19.5 Å². The number of methoxy groups -OCH3 is 1. The highest BCUT2D eigenvalue weighted by atomic mass is 35.5. The Morgan fingerprint density at radius 1 is 0.951 bits per heavy atom. The molecule has 0 unspecified atom stereocenters. The van der Waals surface area contributed by atoms with E-state index in [9.17, 15) is 9.59 Å². The molecule has 0 bridgehead atoms. The molecule has 212 valence electrons. The average Bonchev–Trinajstić information content (AvgIpc) is 3.35. The highest BCUT2D eigenvalue weighted by Gasteiger charge is 2.52. The maximum absolute atomic E-state index is 14.8. The molecule has 1 fully saturated rings. The minimum absolute atomic E-state index is 0.0822. The van der Waals surface area contributed by atoms with Gasteiger partial charge in [0.2, 0.25) is 0 Å². The van der Waals surface area contributed by atoms with Gasteiger partial charge in [-0.1, -0.05) is 86.2 Å². The van der Waals surface area contributed by atoms with E-state index < -0.39 is 5.54 Å². The number of ether oxygens (including phenoxy) is 1. The normalized spacial score (nSPS) is 19.9. The summed E-state index contributed by atoms with van der Waals surface area (Å²) in [5.41, 5.74) is 1.88. The summed E-state index contributed by atoms with van der Waals surface area (Å²) in [6.45, 7) is 0.564. The standard InChI is InChI=1S/C34H36ClN3O3/c1-41-29-19-16-25-20-31-32(39)38(22-24-14-17-27(35)18-15-24)34(23-37(31)30(25)21-29,26-10-6-5-7-11-26)33(40)36-28-12-8-3-2-4-9-13-28/h5-7,10-11,14-21,28H,2-4,8-9,12-13,22-23H2,1H3,(H,36,40)/t34-/m1/s1. The molecule has 0 radical (unpaired) electrons. The number of nitrogens with one attached hydrogen (secondary N) is 1. The summed E-state index contributed by atoms with van der Waals surface area (Å²) in [6.07, 6.45) is 7.75. The van der Waals surface area contributed by atoms with Gasteiger partial charge in [0.1, 0.15) is 11.4 Å². The van der Waals surface area contributed by atoms with Crippen molar-refractivity contribution >= 4 is 34.3 Å². The van der Waals surface area contributed by atoms with Crippen molar-refractivity contribution in [3.8, 4) is 5.75 Å². The molecule has 1 aromatic heterocycles. The van der Waals surface area contributed by atoms with Crippen LogP contribution in [0.1, 0.15) is 66.6 Å². The van der Waals surface area contributed by atoms with Crippen molar-refractivity contribution in [1.29, 1.82) is 0 Å². The minimum Gasteiger partial charge on any atom is -0.497 e. The Balaban J connectivity index is 1.52. The SMILES string of the molecule is COc1ccc2cc3n(c2c1)C[C@](C(=O)NC1CCCCCCC1)(c1ccccc1)N(Cc1ccc(Cl)cc1)C3=O. The fraction of sp³-hybridized carbons (Fsp3) is 0.353. The first-order valence-electron chi connectivity index (χ1n) is 14.6. The van der Waals surface area contributed by atoms with Crippen LogP contribution in [-0.2, 0) is 23.4 Å². The van der Waals surface area contributed by atoms with E-state index in [0.717, 1.165) is 47.7 Å². The van der Waals surface area contributed by atoms with Crippen molar-refractivity contribution in [2.24, 2.45) is 0 Å². The Morgan fingerprint density at radius 2 is 1.66 bits per heavy atom. The Kier molecular flexibility index (Phi) is 7.76. The van der Waals surface area contributed by atoms with Crippen molar-refractivity contribution < 1.29 is 14.3 Å². The second-order valence-electron chi connectivity index (χ2n) is 11.3. The topological polar surface area (TPSA) is 63.6 Å². The Morgan fingerprint density at radius 3 is 2.37 bits per heavy atom. The lowest BCUT2D eigenvalue weighted by Crippen LogP contribution is -2.64. The van der Waals surface area contributed by atoms with Gasteiger partial charge in [0, 0.05) is 29.1 Å². The number of benzene rings is 3. The van der Waals surface area contributed by atoms with Crippen LogP contribution < -0.4 is 10.1 Å². The fourth-order valence-corrected chi connectivity index (χ4v) is 6.63. The van der Waals surface area contributed by atoms with Gasteiger partial charge in [-0.3, -0.25) is 9.59 Å². The molecule has 7 heteroatoms. The molecular weight excluding hydrogens is 534 g/mol. The summed E-state index contributed by atoms with van der Waals surface area (Å²) in [4.78, 5) is 31.2. The van der Waals surface area contributed by atoms with Crippen LogP contribution in [0.4, 0.5) is 0 Å². The summed E-state index contributed by atoms with van der Waals surface area (Å²) in [7, 11) is 1.64. The average molecular weight is 570 g/mol. The molecule has 6 nitrogen and oxygen atoms in total. The van der Waals surface area contributed by atoms with Crippen LogP contribution in [0, 0.1) is 0 Å². The number of hydrogen-bond acceptors (Lipinski definition) is 3. The summed E-state index contributed by atoms with van der Waals surface area (Å²) < 4.78 is 7.53. The predicted octanol–water partition coefficient (Wildman–Crippen LogP) is 7.08. The summed E-state index contributed by atoms with van der Waals surface area (Å²) >= 11 is 6.20. The molecule has 41 heavy (non-hydrogen) atoms. The maximum Gasteiger partial charge on any atom is 0.272 e. The molecule has 1 saturated carbocycles. The number of halogens is 1. The number of rotatable bonds is 6. The number of nitrogens with zero attached hydrogens (tertiary/aromatic N) is 2. The zero-order valence-corrected chi connectivity index (χ0v) is 24.2. The van der Waals surface area contributed by atoms with Crippen LogP contribution in [0.5, 0.6) is 5.75 Å². The second kappa shape index (κ2) is 11.6. The number of carbonyl (C=O) groups excluding carboxylic acids is 2. The maximum atomic E-state index is 14.8. The summed E-state index contributed by atoms with van der Waals surface area (Å²) in [5.74, 6) is 0.392. The number of fused-ring (bicyclic) bond motifs is 3. The Bertz CT molecular complexity index is 1540. The number of carbonyl (C=O) groups is 2. The van der Waals surface area contributed by atoms with Crippen molar-refractivity contribution in [2.75, 3.05) is 7.11 Å². The first kappa shape index (κ1) is 27.4. The van der Waals surface area contributed by atoms with Crippen LogP contribution in [-0.4, -0.2) is 34.4 Å². The molecule has 1 aliphatic heterocycles. The van der Waals surface area contributed by atoms with Crippen LogP contribution in [0.3, 0.4) is 0 Å². The molecule has 6 rings (SSSR count). The molecule has 4 aromatic rings. The summed E-state index contributed by atoms with van der Waals surface area (Å²) in [6, 6.07) is 25.1. The van der Waals surface area contributed by atoms with E-state index >= 15 is 0 Å². The molecule has 2 aliphatic rings. The molecular formula is C34H36ClN3O3. The quantitative estimate of drug-likeness (QED) is 0.270. The van der Waals surface area contributed by atoms with E-state index in [4.69, 9.17) is 16.3 Å². The van der Waals surface area contributed by atoms with Crippen LogP contribution in [0.2, 0.25) is 5.02 Å². The molecule has 1 N–H and O–H groups in total. The molecule has 0 saturated heterocycles. The molecule has 0 spiro atoms. The number of aromatic nitrogens is 1. The number of hydrogen-bond donors (Lipinski definition) is 1. The third-order valence-corrected chi connectivity index (χ3v) is 9.00. The van der Waals surface area contributed by atoms with E-state index in [0.29, 0.717) is 23.0 Å². The first-order valence-corrected chi connectivity index (χ1v) is 15.0. The predicted molar refractivity (Wildman–Crippen MR) is 162 cm³/mol. The van der Waals surface area contributed by atoms with Crippen LogP contribution >= 0.6 is 11.6 Å². The van der Waals surface area contributed by atoms with Gasteiger partial charge in [0.15, 0.2) is 5.54 Å². The monoisotopic (exact) mass is 569 g/mol. The smallest absolute Gasteiger partial charge is 0.272 e. The Labute approximate surface area is 246 Å². The first-order chi connectivity index (χ1) is 20.0. The fourth-order valence-electron chi connectivity index (χ4n) is 6.51. The van der Waals surface area contributed by atoms with Gasteiger partial charge >= 0.3 is 0 Å². The van der Waals surface area contributed by atoms with Crippen molar-refractivity contribution in [3.63, 3.8) is 0 Å². The lowest BCUT2D eigenvalue weighted by Gasteiger charge is -2.47. The third kappa shape index (κ3) is 5.21. The van der Waals surface area contributed by atoms with E-state index in [1.165, 1.54) is 19.3 Å². The van der Waals surface area contributed by atoms with Gasteiger partial charge in [-0.05, 0) is 54.3 Å². The lowest BCUT2D eigenvalue weighted by molar-refractivity contribution is -0.136. The van der Waals surface area contributed by atoms with E-state index in [2.05, 4.69) is 5.32 Å². The largest absolute Gasteiger partial charge is 0.497 e. The molecule has 3 aromatic carbocycles. The highest BCUT2D eigenvalue weighted by molar-refractivity contribution is 6.30. The lowest BCUT2D eigenvalue weighted by atomic mass is 9.83. The third-order valence-electron chi connectivity index (χ3n) is 8.74. The highest BCUT2D eigenvalue weighted by Crippen LogP contribution is 2.41. The van der Waals surface area contributed by atoms with E-state index in [-0.39, 0.29) is 24.4 Å².